The van der Waals surface area contributed by atoms with Crippen molar-refractivity contribution in [1.82, 2.24) is 10.2 Å². The number of aliphatic carboxylic acids is 1. The summed E-state index contributed by atoms with van der Waals surface area (Å²) < 4.78 is 14.3. The first-order chi connectivity index (χ1) is 11.5. The molecule has 126 valence electrons. The summed E-state index contributed by atoms with van der Waals surface area (Å²) in [5, 5.41) is 11.0. The Hall–Kier alpha value is -2.90. The molecule has 0 saturated carbocycles. The predicted octanol–water partition coefficient (Wildman–Crippen LogP) is 1.40. The Balaban J connectivity index is 1.81. The number of imide groups is 1. The molecule has 0 radical (unpaired) electrons. The predicted molar refractivity (Wildman–Crippen MR) is 83.7 cm³/mol. The maximum absolute atomic E-state index is 14.3. The molecular weight excluding hydrogens is 317 g/mol. The van der Waals surface area contributed by atoms with E-state index in [0.29, 0.717) is 16.2 Å². The number of amides is 3. The van der Waals surface area contributed by atoms with E-state index in [-0.39, 0.29) is 5.70 Å². The second kappa shape index (κ2) is 6.31. The van der Waals surface area contributed by atoms with E-state index in [4.69, 9.17) is 5.11 Å². The van der Waals surface area contributed by atoms with Gasteiger partial charge in [-0.25, -0.2) is 14.1 Å². The first-order valence-electron chi connectivity index (χ1n) is 7.56. The number of hydrogen-bond donors (Lipinski definition) is 2. The lowest BCUT2D eigenvalue weighted by atomic mass is 10.1. The monoisotopic (exact) mass is 333 g/mol. The molecule has 0 bridgehead atoms. The van der Waals surface area contributed by atoms with Crippen molar-refractivity contribution in [3.8, 4) is 0 Å². The lowest BCUT2D eigenvalue weighted by molar-refractivity contribution is -0.140. The fourth-order valence-electron chi connectivity index (χ4n) is 2.84. The number of carboxylic acids is 1. The topological polar surface area (TPSA) is 89.9 Å². The quantitative estimate of drug-likeness (QED) is 0.642. The second-order valence-electron chi connectivity index (χ2n) is 5.68. The molecule has 1 aromatic rings. The summed E-state index contributed by atoms with van der Waals surface area (Å²) >= 11 is 0. The summed E-state index contributed by atoms with van der Waals surface area (Å²) in [7, 11) is 0. The van der Waals surface area contributed by atoms with Crippen LogP contribution in [0, 0.1) is 5.82 Å². The summed E-state index contributed by atoms with van der Waals surface area (Å²) in [6, 6.07) is 3.79. The summed E-state index contributed by atoms with van der Waals surface area (Å²) in [4.78, 5) is 36.9. The van der Waals surface area contributed by atoms with Gasteiger partial charge in [-0.2, -0.15) is 0 Å². The standard InChI is InChI=1S/C16H16FN3O4/c17-11-7-10(3-4-13(11)19-5-1-2-6-19)8-12-15(23)20(9-14(21)22)16(24)18-12/h3-4,7-8H,1-2,5-6,9H2,(H,18,24)(H,21,22)/b12-8+. The number of benzene rings is 1. The van der Waals surface area contributed by atoms with Crippen molar-refractivity contribution in [1.29, 1.82) is 0 Å². The van der Waals surface area contributed by atoms with Crippen molar-refractivity contribution in [3.05, 3.63) is 35.3 Å². The number of carbonyl (C=O) groups is 3. The van der Waals surface area contributed by atoms with E-state index in [2.05, 4.69) is 5.32 Å². The number of nitrogens with zero attached hydrogens (tertiary/aromatic N) is 2. The highest BCUT2D eigenvalue weighted by Gasteiger charge is 2.34. The van der Waals surface area contributed by atoms with E-state index in [9.17, 15) is 18.8 Å². The Kier molecular flexibility index (Phi) is 4.20. The molecule has 0 aliphatic carbocycles. The average molecular weight is 333 g/mol. The lowest BCUT2D eigenvalue weighted by Crippen LogP contribution is -2.35. The van der Waals surface area contributed by atoms with Gasteiger partial charge >= 0.3 is 12.0 Å². The molecule has 2 aliphatic heterocycles. The van der Waals surface area contributed by atoms with Gasteiger partial charge < -0.3 is 15.3 Å². The third kappa shape index (κ3) is 3.08. The number of anilines is 1. The maximum atomic E-state index is 14.3. The van der Waals surface area contributed by atoms with E-state index < -0.39 is 30.3 Å². The van der Waals surface area contributed by atoms with Crippen molar-refractivity contribution in [2.75, 3.05) is 24.5 Å². The van der Waals surface area contributed by atoms with Crippen LogP contribution in [0.4, 0.5) is 14.9 Å². The maximum Gasteiger partial charge on any atom is 0.329 e. The number of hydrogen-bond acceptors (Lipinski definition) is 4. The molecule has 24 heavy (non-hydrogen) atoms. The zero-order valence-electron chi connectivity index (χ0n) is 12.8. The van der Waals surface area contributed by atoms with Gasteiger partial charge in [0.2, 0.25) is 0 Å². The zero-order valence-corrected chi connectivity index (χ0v) is 12.8. The molecule has 2 aliphatic rings. The highest BCUT2D eigenvalue weighted by Crippen LogP contribution is 2.25. The number of nitrogens with one attached hydrogen (secondary N) is 1. The van der Waals surface area contributed by atoms with Gasteiger partial charge in [0.15, 0.2) is 0 Å². The van der Waals surface area contributed by atoms with E-state index in [1.54, 1.807) is 12.1 Å². The molecule has 1 aromatic carbocycles. The summed E-state index contributed by atoms with van der Waals surface area (Å²) in [5.41, 5.74) is 0.856. The van der Waals surface area contributed by atoms with Crippen LogP contribution in [0.2, 0.25) is 0 Å². The van der Waals surface area contributed by atoms with E-state index in [0.717, 1.165) is 25.9 Å². The molecule has 0 spiro atoms. The SMILES string of the molecule is O=C(O)CN1C(=O)N/C(=C/c2ccc(N3CCCC3)c(F)c2)C1=O. The van der Waals surface area contributed by atoms with Crippen LogP contribution in [0.3, 0.4) is 0 Å². The van der Waals surface area contributed by atoms with Crippen molar-refractivity contribution in [2.45, 2.75) is 12.8 Å². The van der Waals surface area contributed by atoms with Crippen LogP contribution in [0.25, 0.3) is 6.08 Å². The highest BCUT2D eigenvalue weighted by atomic mass is 19.1. The number of carboxylic acid groups (broad SMARTS) is 1. The van der Waals surface area contributed by atoms with Crippen LogP contribution in [-0.4, -0.2) is 47.5 Å². The van der Waals surface area contributed by atoms with Gasteiger partial charge in [0.25, 0.3) is 5.91 Å². The first-order valence-corrected chi connectivity index (χ1v) is 7.56. The summed E-state index contributed by atoms with van der Waals surface area (Å²) in [6.45, 7) is 0.913. The summed E-state index contributed by atoms with van der Waals surface area (Å²) in [6.07, 6.45) is 3.40. The van der Waals surface area contributed by atoms with Crippen LogP contribution < -0.4 is 10.2 Å². The molecule has 0 atom stereocenters. The molecule has 2 N–H and O–H groups in total. The van der Waals surface area contributed by atoms with Gasteiger partial charge in [-0.15, -0.1) is 0 Å². The average Bonchev–Trinajstić information content (AvgIpc) is 3.12. The van der Waals surface area contributed by atoms with Gasteiger partial charge in [0.1, 0.15) is 18.1 Å². The third-order valence-electron chi connectivity index (χ3n) is 3.99. The molecule has 2 fully saturated rings. The Labute approximate surface area is 137 Å². The van der Waals surface area contributed by atoms with Crippen molar-refractivity contribution in [2.24, 2.45) is 0 Å². The normalized spacial score (nSPS) is 19.3. The summed E-state index contributed by atoms with van der Waals surface area (Å²) in [5.74, 6) is -2.43. The molecular formula is C16H16FN3O4. The Bertz CT molecular complexity index is 741. The van der Waals surface area contributed by atoms with Crippen LogP contribution in [0.5, 0.6) is 0 Å². The Morgan fingerprint density at radius 3 is 2.62 bits per heavy atom. The van der Waals surface area contributed by atoms with Crippen LogP contribution in [0.1, 0.15) is 18.4 Å². The number of urea groups is 1. The molecule has 8 heteroatoms. The van der Waals surface area contributed by atoms with Gasteiger partial charge in [0.05, 0.1) is 5.69 Å². The number of halogens is 1. The smallest absolute Gasteiger partial charge is 0.329 e. The number of rotatable bonds is 4. The molecule has 0 unspecified atom stereocenters. The fourth-order valence-corrected chi connectivity index (χ4v) is 2.84. The minimum absolute atomic E-state index is 0.0745. The van der Waals surface area contributed by atoms with Crippen LogP contribution in [0.15, 0.2) is 23.9 Å². The number of carbonyl (C=O) groups excluding carboxylic acids is 2. The van der Waals surface area contributed by atoms with E-state index in [1.807, 2.05) is 4.90 Å². The minimum atomic E-state index is -1.29. The van der Waals surface area contributed by atoms with Crippen molar-refractivity contribution >= 4 is 29.7 Å². The molecule has 2 saturated heterocycles. The first kappa shape index (κ1) is 16.0. The van der Waals surface area contributed by atoms with Crippen molar-refractivity contribution < 1.29 is 23.9 Å². The van der Waals surface area contributed by atoms with Crippen molar-refractivity contribution in [3.63, 3.8) is 0 Å². The van der Waals surface area contributed by atoms with Gasteiger partial charge in [-0.1, -0.05) is 6.07 Å². The Morgan fingerprint density at radius 1 is 1.29 bits per heavy atom. The Morgan fingerprint density at radius 2 is 2.00 bits per heavy atom. The van der Waals surface area contributed by atoms with Crippen LogP contribution in [-0.2, 0) is 9.59 Å². The largest absolute Gasteiger partial charge is 0.480 e. The molecule has 2 heterocycles. The fraction of sp³-hybridized carbons (Fsp3) is 0.312. The molecule has 3 amide bonds. The highest BCUT2D eigenvalue weighted by molar-refractivity contribution is 6.15. The third-order valence-corrected chi connectivity index (χ3v) is 3.99. The van der Waals surface area contributed by atoms with Gasteiger partial charge in [-0.05, 0) is 36.6 Å². The van der Waals surface area contributed by atoms with Gasteiger partial charge in [0, 0.05) is 13.1 Å². The minimum Gasteiger partial charge on any atom is -0.480 e. The second-order valence-corrected chi connectivity index (χ2v) is 5.68. The van der Waals surface area contributed by atoms with E-state index in [1.165, 1.54) is 12.1 Å². The zero-order chi connectivity index (χ0) is 17.3. The van der Waals surface area contributed by atoms with Crippen LogP contribution >= 0.6 is 0 Å². The molecule has 3 rings (SSSR count). The molecule has 7 nitrogen and oxygen atoms in total. The molecule has 0 aromatic heterocycles. The van der Waals surface area contributed by atoms with E-state index >= 15 is 0 Å². The van der Waals surface area contributed by atoms with Gasteiger partial charge in [-0.3, -0.25) is 9.59 Å². The lowest BCUT2D eigenvalue weighted by Gasteiger charge is -2.18.